The molecule has 3 N–H and O–H groups in total. The molecule has 1 heterocycles. The SMILES string of the molecule is Nc1c(CO)cccc1CCN1CCCCC1. The maximum absolute atomic E-state index is 9.17. The molecule has 94 valence electrons. The topological polar surface area (TPSA) is 49.5 Å². The first-order chi connectivity index (χ1) is 8.31. The number of piperidine rings is 1. The highest BCUT2D eigenvalue weighted by Gasteiger charge is 2.11. The van der Waals surface area contributed by atoms with Gasteiger partial charge < -0.3 is 15.7 Å². The third-order valence-corrected chi connectivity index (χ3v) is 3.60. The van der Waals surface area contributed by atoms with E-state index in [9.17, 15) is 0 Å². The normalized spacial score (nSPS) is 17.2. The molecule has 0 bridgehead atoms. The molecule has 1 aromatic rings. The highest BCUT2D eigenvalue weighted by molar-refractivity contribution is 5.53. The van der Waals surface area contributed by atoms with E-state index in [-0.39, 0.29) is 6.61 Å². The number of para-hydroxylation sites is 1. The Bertz CT molecular complexity index is 359. The lowest BCUT2D eigenvalue weighted by atomic mass is 10.0. The summed E-state index contributed by atoms with van der Waals surface area (Å²) in [6.07, 6.45) is 5.01. The number of likely N-dealkylation sites (tertiary alicyclic amines) is 1. The standard InChI is InChI=1S/C14H22N2O/c15-14-12(5-4-6-13(14)11-17)7-10-16-8-2-1-3-9-16/h4-6,17H,1-3,7-11,15H2. The van der Waals surface area contributed by atoms with Gasteiger partial charge in [-0.3, -0.25) is 0 Å². The lowest BCUT2D eigenvalue weighted by Crippen LogP contribution is -2.31. The average Bonchev–Trinajstić information content (AvgIpc) is 2.39. The third-order valence-electron chi connectivity index (χ3n) is 3.60. The van der Waals surface area contributed by atoms with E-state index in [1.807, 2.05) is 12.1 Å². The largest absolute Gasteiger partial charge is 0.398 e. The van der Waals surface area contributed by atoms with Gasteiger partial charge in [-0.1, -0.05) is 24.6 Å². The molecule has 2 rings (SSSR count). The van der Waals surface area contributed by atoms with Gasteiger partial charge in [-0.05, 0) is 37.9 Å². The van der Waals surface area contributed by atoms with Crippen molar-refractivity contribution in [2.24, 2.45) is 0 Å². The number of hydrogen-bond acceptors (Lipinski definition) is 3. The first kappa shape index (κ1) is 12.4. The number of nitrogens with two attached hydrogens (primary N) is 1. The number of aliphatic hydroxyl groups is 1. The summed E-state index contributed by atoms with van der Waals surface area (Å²) in [6, 6.07) is 5.94. The summed E-state index contributed by atoms with van der Waals surface area (Å²) in [5, 5.41) is 9.17. The minimum atomic E-state index is 0.0311. The van der Waals surface area contributed by atoms with Crippen LogP contribution in [0.2, 0.25) is 0 Å². The van der Waals surface area contributed by atoms with Gasteiger partial charge in [-0.2, -0.15) is 0 Å². The molecule has 1 aromatic carbocycles. The fourth-order valence-corrected chi connectivity index (χ4v) is 2.48. The molecule has 17 heavy (non-hydrogen) atoms. The van der Waals surface area contributed by atoms with Gasteiger partial charge in [0.15, 0.2) is 0 Å². The number of nitrogens with zero attached hydrogens (tertiary/aromatic N) is 1. The number of rotatable bonds is 4. The number of benzene rings is 1. The fraction of sp³-hybridized carbons (Fsp3) is 0.571. The zero-order valence-corrected chi connectivity index (χ0v) is 10.4. The van der Waals surface area contributed by atoms with E-state index >= 15 is 0 Å². The van der Waals surface area contributed by atoms with Gasteiger partial charge in [-0.25, -0.2) is 0 Å². The summed E-state index contributed by atoms with van der Waals surface area (Å²) in [5.41, 5.74) is 8.82. The minimum Gasteiger partial charge on any atom is -0.398 e. The first-order valence-corrected chi connectivity index (χ1v) is 6.50. The maximum Gasteiger partial charge on any atom is 0.0702 e. The highest BCUT2D eigenvalue weighted by Crippen LogP contribution is 2.19. The fourth-order valence-electron chi connectivity index (χ4n) is 2.48. The molecule has 0 unspecified atom stereocenters. The maximum atomic E-state index is 9.17. The van der Waals surface area contributed by atoms with Gasteiger partial charge in [0.2, 0.25) is 0 Å². The summed E-state index contributed by atoms with van der Waals surface area (Å²) < 4.78 is 0. The zero-order chi connectivity index (χ0) is 12.1. The first-order valence-electron chi connectivity index (χ1n) is 6.50. The smallest absolute Gasteiger partial charge is 0.0702 e. The summed E-state index contributed by atoms with van der Waals surface area (Å²) in [7, 11) is 0. The molecule has 1 aliphatic rings. The van der Waals surface area contributed by atoms with Crippen molar-refractivity contribution in [3.8, 4) is 0 Å². The monoisotopic (exact) mass is 234 g/mol. The van der Waals surface area contributed by atoms with Gasteiger partial charge >= 0.3 is 0 Å². The summed E-state index contributed by atoms with van der Waals surface area (Å²) >= 11 is 0. The van der Waals surface area contributed by atoms with Gasteiger partial charge in [0.1, 0.15) is 0 Å². The summed E-state index contributed by atoms with van der Waals surface area (Å²) in [6.45, 7) is 3.56. The molecule has 3 nitrogen and oxygen atoms in total. The van der Waals surface area contributed by atoms with Crippen LogP contribution in [0.4, 0.5) is 5.69 Å². The lowest BCUT2D eigenvalue weighted by molar-refractivity contribution is 0.231. The van der Waals surface area contributed by atoms with Crippen LogP contribution >= 0.6 is 0 Å². The summed E-state index contributed by atoms with van der Waals surface area (Å²) in [4.78, 5) is 2.51. The van der Waals surface area contributed by atoms with E-state index in [1.165, 1.54) is 37.9 Å². The number of nitrogen functional groups attached to an aromatic ring is 1. The molecular formula is C14H22N2O. The minimum absolute atomic E-state index is 0.0311. The Morgan fingerprint density at radius 2 is 1.82 bits per heavy atom. The zero-order valence-electron chi connectivity index (χ0n) is 10.4. The second kappa shape index (κ2) is 6.03. The second-order valence-electron chi connectivity index (χ2n) is 4.80. The predicted molar refractivity (Wildman–Crippen MR) is 70.8 cm³/mol. The van der Waals surface area contributed by atoms with Crippen molar-refractivity contribution in [2.45, 2.75) is 32.3 Å². The van der Waals surface area contributed by atoms with E-state index in [4.69, 9.17) is 10.8 Å². The lowest BCUT2D eigenvalue weighted by Gasteiger charge is -2.26. The van der Waals surface area contributed by atoms with E-state index in [1.54, 1.807) is 0 Å². The van der Waals surface area contributed by atoms with Crippen molar-refractivity contribution in [3.05, 3.63) is 29.3 Å². The van der Waals surface area contributed by atoms with Crippen LogP contribution in [-0.2, 0) is 13.0 Å². The van der Waals surface area contributed by atoms with Crippen LogP contribution in [0.3, 0.4) is 0 Å². The Labute approximate surface area is 103 Å². The number of anilines is 1. The number of hydrogen-bond donors (Lipinski definition) is 2. The van der Waals surface area contributed by atoms with Crippen LogP contribution in [0.15, 0.2) is 18.2 Å². The molecule has 1 fully saturated rings. The predicted octanol–water partition coefficient (Wildman–Crippen LogP) is 1.79. The second-order valence-corrected chi connectivity index (χ2v) is 4.80. The molecule has 0 atom stereocenters. The van der Waals surface area contributed by atoms with Crippen molar-refractivity contribution in [1.82, 2.24) is 4.90 Å². The van der Waals surface area contributed by atoms with Gasteiger partial charge in [-0.15, -0.1) is 0 Å². The van der Waals surface area contributed by atoms with Crippen molar-refractivity contribution >= 4 is 5.69 Å². The molecule has 0 saturated carbocycles. The third kappa shape index (κ3) is 3.20. The molecule has 0 spiro atoms. The van der Waals surface area contributed by atoms with E-state index in [2.05, 4.69) is 11.0 Å². The van der Waals surface area contributed by atoms with E-state index in [0.717, 1.165) is 24.2 Å². The quantitative estimate of drug-likeness (QED) is 0.781. The molecule has 1 aliphatic heterocycles. The Kier molecular flexibility index (Phi) is 4.40. The van der Waals surface area contributed by atoms with Crippen molar-refractivity contribution in [2.75, 3.05) is 25.4 Å². The molecule has 0 amide bonds. The van der Waals surface area contributed by atoms with Crippen molar-refractivity contribution in [3.63, 3.8) is 0 Å². The van der Waals surface area contributed by atoms with Crippen LogP contribution < -0.4 is 5.73 Å². The van der Waals surface area contributed by atoms with Gasteiger partial charge in [0.25, 0.3) is 0 Å². The molecular weight excluding hydrogens is 212 g/mol. The number of aliphatic hydroxyl groups excluding tert-OH is 1. The van der Waals surface area contributed by atoms with E-state index < -0.39 is 0 Å². The van der Waals surface area contributed by atoms with Crippen LogP contribution in [0.1, 0.15) is 30.4 Å². The molecule has 0 aromatic heterocycles. The highest BCUT2D eigenvalue weighted by atomic mass is 16.3. The molecule has 0 aliphatic carbocycles. The average molecular weight is 234 g/mol. The molecule has 0 radical (unpaired) electrons. The molecule has 1 saturated heterocycles. The van der Waals surface area contributed by atoms with Crippen LogP contribution in [0.5, 0.6) is 0 Å². The molecule has 3 heteroatoms. The van der Waals surface area contributed by atoms with Crippen molar-refractivity contribution < 1.29 is 5.11 Å². The summed E-state index contributed by atoms with van der Waals surface area (Å²) in [5.74, 6) is 0. The Morgan fingerprint density at radius 1 is 1.12 bits per heavy atom. The van der Waals surface area contributed by atoms with E-state index in [0.29, 0.717) is 0 Å². The Hall–Kier alpha value is -1.06. The van der Waals surface area contributed by atoms with Gasteiger partial charge in [0, 0.05) is 17.8 Å². The Morgan fingerprint density at radius 3 is 2.53 bits per heavy atom. The van der Waals surface area contributed by atoms with Crippen LogP contribution in [-0.4, -0.2) is 29.6 Å². The van der Waals surface area contributed by atoms with Crippen LogP contribution in [0, 0.1) is 0 Å². The Balaban J connectivity index is 1.93. The van der Waals surface area contributed by atoms with Crippen LogP contribution in [0.25, 0.3) is 0 Å². The van der Waals surface area contributed by atoms with Gasteiger partial charge in [0.05, 0.1) is 6.61 Å². The van der Waals surface area contributed by atoms with Crippen molar-refractivity contribution in [1.29, 1.82) is 0 Å².